The van der Waals surface area contributed by atoms with Crippen LogP contribution in [0.1, 0.15) is 0 Å². The van der Waals surface area contributed by atoms with Crippen molar-refractivity contribution in [2.24, 2.45) is 0 Å². The van der Waals surface area contributed by atoms with E-state index in [2.05, 4.69) is 0 Å². The molecule has 10 heavy (non-hydrogen) atoms. The molecule has 0 spiro atoms. The second-order valence-corrected chi connectivity index (χ2v) is 0. The quantitative estimate of drug-likeness (QED) is 0.351. The predicted molar refractivity (Wildman–Crippen MR) is 0 cm³/mol. The van der Waals surface area contributed by atoms with Crippen LogP contribution in [0.15, 0.2) is 0 Å². The van der Waals surface area contributed by atoms with Crippen LogP contribution >= 0.6 is 0 Å². The number of hydrogen-bond donors (Lipinski definition) is 0. The van der Waals surface area contributed by atoms with Crippen LogP contribution in [-0.2, 0) is 168 Å². The molecule has 0 N–H and O–H groups in total. The fraction of sp³-hybridized carbons (Fsp3) is 0. The van der Waals surface area contributed by atoms with Crippen molar-refractivity contribution in [3.8, 4) is 0 Å². The standard InChI is InChI=1S/9Co.Fe. The van der Waals surface area contributed by atoms with Gasteiger partial charge in [-0.15, -0.1) is 0 Å². The first-order valence-electron chi connectivity index (χ1n) is 0. The number of rotatable bonds is 0. The van der Waals surface area contributed by atoms with Gasteiger partial charge in [-0.25, -0.2) is 0 Å². The van der Waals surface area contributed by atoms with Gasteiger partial charge in [0.05, 0.1) is 0 Å². The van der Waals surface area contributed by atoms with Crippen molar-refractivity contribution in [2.75, 3.05) is 0 Å². The molecule has 0 unspecified atom stereocenters. The monoisotopic (exact) mass is 586 g/mol. The van der Waals surface area contributed by atoms with Crippen molar-refractivity contribution in [3.05, 3.63) is 0 Å². The predicted octanol–water partition coefficient (Wildman–Crippen LogP) is -0.0250. The zero-order chi connectivity index (χ0) is 0. The molecule has 0 amide bonds. The maximum absolute atomic E-state index is 0. The summed E-state index contributed by atoms with van der Waals surface area (Å²) in [5, 5.41) is 0. The molecular weight excluding hydrogens is 586 g/mol. The Labute approximate surface area is 165 Å². The van der Waals surface area contributed by atoms with Gasteiger partial charge in [0.25, 0.3) is 0 Å². The molecule has 0 heterocycles. The Hall–Kier alpha value is 5.08. The molecule has 0 aromatic heterocycles. The molecule has 0 aliphatic rings. The maximum Gasteiger partial charge on any atom is 0 e. The second kappa shape index (κ2) is 93.4. The molecule has 0 aliphatic carbocycles. The third-order valence-corrected chi connectivity index (χ3v) is 0. The molecule has 0 aromatic rings. The van der Waals surface area contributed by atoms with Gasteiger partial charge in [-0.1, -0.05) is 0 Å². The molecule has 0 saturated heterocycles. The summed E-state index contributed by atoms with van der Waals surface area (Å²) in [6.45, 7) is 0. The third-order valence-electron chi connectivity index (χ3n) is 0. The first-order valence-corrected chi connectivity index (χ1v) is 0. The smallest absolute Gasteiger partial charge is 0 e. The van der Waals surface area contributed by atoms with Crippen molar-refractivity contribution >= 4 is 0 Å². The Kier molecular flexibility index (Phi) is 1080. The van der Waals surface area contributed by atoms with Gasteiger partial charge in [0.1, 0.15) is 0 Å². The molecule has 0 saturated carbocycles. The minimum atomic E-state index is 0. The first kappa shape index (κ1) is 116. The third kappa shape index (κ3) is 74.0. The summed E-state index contributed by atoms with van der Waals surface area (Å²) < 4.78 is 0. The largest absolute Gasteiger partial charge is 0 e. The van der Waals surface area contributed by atoms with E-state index in [0.717, 1.165) is 0 Å². The van der Waals surface area contributed by atoms with E-state index in [1.165, 1.54) is 0 Å². The Balaban J connectivity index is 0. The Bertz CT molecular complexity index is 4.69. The van der Waals surface area contributed by atoms with Crippen LogP contribution in [-0.4, -0.2) is 0 Å². The Morgan fingerprint density at radius 3 is 0.200 bits per heavy atom. The van der Waals surface area contributed by atoms with Gasteiger partial charge < -0.3 is 0 Å². The zero-order valence-electron chi connectivity index (χ0n) is 3.35. The van der Waals surface area contributed by atoms with Crippen molar-refractivity contribution in [1.29, 1.82) is 0 Å². The summed E-state index contributed by atoms with van der Waals surface area (Å²) >= 11 is 0. The van der Waals surface area contributed by atoms with Crippen LogP contribution in [0.25, 0.3) is 0 Å². The van der Waals surface area contributed by atoms with Crippen LogP contribution in [0.2, 0.25) is 0 Å². The SMILES string of the molecule is [Co].[Co].[Co].[Co].[Co].[Co].[Co].[Co].[Co].[Fe]. The van der Waals surface area contributed by atoms with E-state index in [-0.39, 0.29) is 168 Å². The van der Waals surface area contributed by atoms with E-state index in [1.807, 2.05) is 0 Å². The fourth-order valence-corrected chi connectivity index (χ4v) is 0. The average Bonchev–Trinajstić information content (AvgIpc) is 0. The summed E-state index contributed by atoms with van der Waals surface area (Å²) in [6, 6.07) is 0. The summed E-state index contributed by atoms with van der Waals surface area (Å²) in [7, 11) is 0. The molecule has 0 atom stereocenters. The van der Waals surface area contributed by atoms with Gasteiger partial charge in [0.15, 0.2) is 0 Å². The molecule has 10 heteroatoms. The molecule has 89 valence electrons. The molecule has 0 nitrogen and oxygen atoms in total. The molecular formula is Co9Fe. The molecule has 0 bridgehead atoms. The minimum Gasteiger partial charge on any atom is 0 e. The van der Waals surface area contributed by atoms with E-state index < -0.39 is 0 Å². The van der Waals surface area contributed by atoms with E-state index in [0.29, 0.717) is 0 Å². The van der Waals surface area contributed by atoms with E-state index in [9.17, 15) is 0 Å². The molecule has 0 aliphatic heterocycles. The fourth-order valence-electron chi connectivity index (χ4n) is 0. The van der Waals surface area contributed by atoms with Crippen LogP contribution in [0.5, 0.6) is 0 Å². The van der Waals surface area contributed by atoms with Crippen molar-refractivity contribution in [2.45, 2.75) is 0 Å². The summed E-state index contributed by atoms with van der Waals surface area (Å²) in [5.74, 6) is 0. The Morgan fingerprint density at radius 2 is 0.200 bits per heavy atom. The van der Waals surface area contributed by atoms with Crippen molar-refractivity contribution < 1.29 is 168 Å². The average molecular weight is 586 g/mol. The van der Waals surface area contributed by atoms with E-state index in [4.69, 9.17) is 0 Å². The topological polar surface area (TPSA) is 0 Å². The minimum absolute atomic E-state index is 0. The van der Waals surface area contributed by atoms with Gasteiger partial charge in [0.2, 0.25) is 0 Å². The molecule has 0 aromatic carbocycles. The van der Waals surface area contributed by atoms with E-state index >= 15 is 0 Å². The zero-order valence-corrected chi connectivity index (χ0v) is 13.8. The van der Waals surface area contributed by atoms with Gasteiger partial charge in [-0.2, -0.15) is 0 Å². The number of hydrogen-bond acceptors (Lipinski definition) is 0. The van der Waals surface area contributed by atoms with E-state index in [1.54, 1.807) is 0 Å². The first-order chi connectivity index (χ1) is 0. The maximum atomic E-state index is 0. The van der Waals surface area contributed by atoms with Crippen molar-refractivity contribution in [3.63, 3.8) is 0 Å². The molecule has 0 rings (SSSR count). The second-order valence-electron chi connectivity index (χ2n) is 0. The van der Waals surface area contributed by atoms with Crippen LogP contribution in [0, 0.1) is 0 Å². The normalized spacial score (nSPS) is 0. The molecule has 9 radical (unpaired) electrons. The summed E-state index contributed by atoms with van der Waals surface area (Å²) in [4.78, 5) is 0. The van der Waals surface area contributed by atoms with Crippen LogP contribution in [0.3, 0.4) is 0 Å². The Morgan fingerprint density at radius 1 is 0.200 bits per heavy atom. The molecule has 0 fully saturated rings. The van der Waals surface area contributed by atoms with Crippen LogP contribution in [0.4, 0.5) is 0 Å². The van der Waals surface area contributed by atoms with Gasteiger partial charge in [0, 0.05) is 168 Å². The van der Waals surface area contributed by atoms with Gasteiger partial charge in [-0.3, -0.25) is 0 Å². The van der Waals surface area contributed by atoms with Gasteiger partial charge in [-0.05, 0) is 0 Å². The summed E-state index contributed by atoms with van der Waals surface area (Å²) in [6.07, 6.45) is 0. The van der Waals surface area contributed by atoms with Gasteiger partial charge >= 0.3 is 0 Å². The van der Waals surface area contributed by atoms with Crippen molar-refractivity contribution in [1.82, 2.24) is 0 Å². The van der Waals surface area contributed by atoms with Crippen LogP contribution < -0.4 is 0 Å². The summed E-state index contributed by atoms with van der Waals surface area (Å²) in [5.41, 5.74) is 0.